The van der Waals surface area contributed by atoms with Gasteiger partial charge >= 0.3 is 0 Å². The summed E-state index contributed by atoms with van der Waals surface area (Å²) in [6.07, 6.45) is 5.26. The monoisotopic (exact) mass is 247 g/mol. The lowest BCUT2D eigenvalue weighted by atomic mass is 10.1. The van der Waals surface area contributed by atoms with Crippen molar-refractivity contribution in [2.75, 3.05) is 18.1 Å². The molecule has 0 aromatic carbocycles. The third-order valence-electron chi connectivity index (χ3n) is 2.44. The van der Waals surface area contributed by atoms with Crippen LogP contribution in [0, 0.1) is 0 Å². The Hall–Kier alpha value is 0.270. The third kappa shape index (κ3) is 12.3. The largest absolute Gasteiger partial charge is 0.390 e. The van der Waals surface area contributed by atoms with Gasteiger partial charge in [0.15, 0.2) is 0 Å². The first-order valence-corrected chi connectivity index (χ1v) is 7.64. The van der Waals surface area contributed by atoms with Crippen molar-refractivity contribution >= 4 is 11.8 Å². The van der Waals surface area contributed by atoms with Crippen LogP contribution in [0.5, 0.6) is 0 Å². The molecule has 0 aliphatic rings. The second-order valence-corrected chi connectivity index (χ2v) is 6.32. The highest BCUT2D eigenvalue weighted by Gasteiger charge is 2.11. The van der Waals surface area contributed by atoms with Crippen molar-refractivity contribution in [3.8, 4) is 0 Å². The number of rotatable bonds is 10. The van der Waals surface area contributed by atoms with Crippen molar-refractivity contribution in [3.63, 3.8) is 0 Å². The van der Waals surface area contributed by atoms with E-state index in [0.29, 0.717) is 6.04 Å². The second kappa shape index (κ2) is 9.32. The Morgan fingerprint density at radius 2 is 2.00 bits per heavy atom. The Morgan fingerprint density at radius 1 is 1.31 bits per heavy atom. The minimum atomic E-state index is -0.530. The van der Waals surface area contributed by atoms with E-state index >= 15 is 0 Å². The molecule has 1 unspecified atom stereocenters. The van der Waals surface area contributed by atoms with Gasteiger partial charge in [-0.3, -0.25) is 0 Å². The molecule has 1 atom stereocenters. The van der Waals surface area contributed by atoms with Gasteiger partial charge in [-0.1, -0.05) is 26.2 Å². The zero-order chi connectivity index (χ0) is 12.4. The highest BCUT2D eigenvalue weighted by Crippen LogP contribution is 2.11. The summed E-state index contributed by atoms with van der Waals surface area (Å²) >= 11 is 1.82. The van der Waals surface area contributed by atoms with E-state index in [4.69, 9.17) is 0 Å². The Kier molecular flexibility index (Phi) is 9.47. The minimum absolute atomic E-state index is 0.530. The van der Waals surface area contributed by atoms with Crippen molar-refractivity contribution in [1.29, 1.82) is 0 Å². The Labute approximate surface area is 106 Å². The lowest BCUT2D eigenvalue weighted by Gasteiger charge is -2.17. The summed E-state index contributed by atoms with van der Waals surface area (Å²) in [6, 6.07) is 0.634. The molecule has 0 aromatic heterocycles. The van der Waals surface area contributed by atoms with E-state index in [1.807, 2.05) is 25.6 Å². The lowest BCUT2D eigenvalue weighted by molar-refractivity contribution is 0.107. The number of hydrogen-bond donors (Lipinski definition) is 2. The molecule has 98 valence electrons. The summed E-state index contributed by atoms with van der Waals surface area (Å²) in [6.45, 7) is 9.28. The van der Waals surface area contributed by atoms with Crippen LogP contribution in [0.2, 0.25) is 0 Å². The van der Waals surface area contributed by atoms with Gasteiger partial charge in [-0.2, -0.15) is 11.8 Å². The van der Waals surface area contributed by atoms with Crippen LogP contribution in [0.15, 0.2) is 0 Å². The molecule has 0 spiro atoms. The van der Waals surface area contributed by atoms with E-state index in [1.54, 1.807) is 0 Å². The predicted molar refractivity (Wildman–Crippen MR) is 75.2 cm³/mol. The maximum absolute atomic E-state index is 9.53. The Morgan fingerprint density at radius 3 is 2.56 bits per heavy atom. The SMILES string of the molecule is CCCCCC(C)NCCSCC(C)(C)O. The van der Waals surface area contributed by atoms with Crippen molar-refractivity contribution in [2.45, 2.75) is 65.0 Å². The first-order valence-electron chi connectivity index (χ1n) is 6.49. The molecule has 0 fully saturated rings. The molecule has 0 saturated carbocycles. The summed E-state index contributed by atoms with van der Waals surface area (Å²) in [7, 11) is 0. The standard InChI is InChI=1S/C13H29NOS/c1-5-6-7-8-12(2)14-9-10-16-11-13(3,4)15/h12,14-15H,5-11H2,1-4H3. The second-order valence-electron chi connectivity index (χ2n) is 5.22. The van der Waals surface area contributed by atoms with Gasteiger partial charge in [0, 0.05) is 24.1 Å². The van der Waals surface area contributed by atoms with E-state index in [0.717, 1.165) is 18.1 Å². The molecule has 0 radical (unpaired) electrons. The summed E-state index contributed by atoms with van der Waals surface area (Å²) in [5, 5.41) is 13.1. The fraction of sp³-hybridized carbons (Fsp3) is 1.00. The molecule has 0 amide bonds. The molecule has 2 nitrogen and oxygen atoms in total. The van der Waals surface area contributed by atoms with Gasteiger partial charge in [-0.25, -0.2) is 0 Å². The van der Waals surface area contributed by atoms with Crippen LogP contribution in [0.25, 0.3) is 0 Å². The molecule has 0 bridgehead atoms. The van der Waals surface area contributed by atoms with Crippen molar-refractivity contribution < 1.29 is 5.11 Å². The minimum Gasteiger partial charge on any atom is -0.390 e. The van der Waals surface area contributed by atoms with Gasteiger partial charge < -0.3 is 10.4 Å². The first kappa shape index (κ1) is 16.3. The van der Waals surface area contributed by atoms with Crippen molar-refractivity contribution in [2.24, 2.45) is 0 Å². The summed E-state index contributed by atoms with van der Waals surface area (Å²) in [4.78, 5) is 0. The van der Waals surface area contributed by atoms with Crippen LogP contribution >= 0.6 is 11.8 Å². The average Bonchev–Trinajstić information content (AvgIpc) is 2.16. The first-order chi connectivity index (χ1) is 7.45. The van der Waals surface area contributed by atoms with E-state index in [2.05, 4.69) is 19.2 Å². The quantitative estimate of drug-likeness (QED) is 0.582. The van der Waals surface area contributed by atoms with Crippen LogP contribution in [0.4, 0.5) is 0 Å². The van der Waals surface area contributed by atoms with Gasteiger partial charge in [0.05, 0.1) is 5.60 Å². The van der Waals surface area contributed by atoms with Crippen molar-refractivity contribution in [3.05, 3.63) is 0 Å². The fourth-order valence-electron chi connectivity index (χ4n) is 1.50. The number of aliphatic hydroxyl groups is 1. The highest BCUT2D eigenvalue weighted by atomic mass is 32.2. The Bertz CT molecular complexity index is 157. The van der Waals surface area contributed by atoms with E-state index in [9.17, 15) is 5.11 Å². The zero-order valence-electron chi connectivity index (χ0n) is 11.4. The average molecular weight is 247 g/mol. The predicted octanol–water partition coefficient (Wildman–Crippen LogP) is 3.05. The third-order valence-corrected chi connectivity index (χ3v) is 3.84. The van der Waals surface area contributed by atoms with Crippen LogP contribution in [0.3, 0.4) is 0 Å². The van der Waals surface area contributed by atoms with Gasteiger partial charge in [0.1, 0.15) is 0 Å². The molecule has 0 aromatic rings. The normalized spacial score (nSPS) is 14.1. The number of thioether (sulfide) groups is 1. The maximum atomic E-state index is 9.53. The molecule has 0 aliphatic carbocycles. The van der Waals surface area contributed by atoms with E-state index in [-0.39, 0.29) is 0 Å². The number of nitrogens with one attached hydrogen (secondary N) is 1. The molecular weight excluding hydrogens is 218 g/mol. The van der Waals surface area contributed by atoms with Crippen LogP contribution < -0.4 is 5.32 Å². The molecule has 0 aliphatic heterocycles. The van der Waals surface area contributed by atoms with Crippen molar-refractivity contribution in [1.82, 2.24) is 5.32 Å². The summed E-state index contributed by atoms with van der Waals surface area (Å²) in [5.41, 5.74) is -0.530. The molecule has 0 heterocycles. The Balaban J connectivity index is 3.24. The molecule has 2 N–H and O–H groups in total. The topological polar surface area (TPSA) is 32.3 Å². The van der Waals surface area contributed by atoms with Gasteiger partial charge in [0.25, 0.3) is 0 Å². The summed E-state index contributed by atoms with van der Waals surface area (Å²) < 4.78 is 0. The van der Waals surface area contributed by atoms with E-state index in [1.165, 1.54) is 25.7 Å². The van der Waals surface area contributed by atoms with Gasteiger partial charge in [-0.05, 0) is 27.2 Å². The van der Waals surface area contributed by atoms with Crippen LogP contribution in [-0.2, 0) is 0 Å². The van der Waals surface area contributed by atoms with Gasteiger partial charge in [-0.15, -0.1) is 0 Å². The molecule has 16 heavy (non-hydrogen) atoms. The number of hydrogen-bond acceptors (Lipinski definition) is 3. The molecule has 0 rings (SSSR count). The summed E-state index contributed by atoms with van der Waals surface area (Å²) in [5.74, 6) is 1.90. The zero-order valence-corrected chi connectivity index (χ0v) is 12.2. The molecular formula is C13H29NOS. The van der Waals surface area contributed by atoms with Gasteiger partial charge in [0.2, 0.25) is 0 Å². The molecule has 0 saturated heterocycles. The van der Waals surface area contributed by atoms with E-state index < -0.39 is 5.60 Å². The lowest BCUT2D eigenvalue weighted by Crippen LogP contribution is -2.29. The molecule has 3 heteroatoms. The maximum Gasteiger partial charge on any atom is 0.0681 e. The smallest absolute Gasteiger partial charge is 0.0681 e. The van der Waals surface area contributed by atoms with Crippen LogP contribution in [0.1, 0.15) is 53.4 Å². The number of unbranched alkanes of at least 4 members (excludes halogenated alkanes) is 2. The highest BCUT2D eigenvalue weighted by molar-refractivity contribution is 7.99. The fourth-order valence-corrected chi connectivity index (χ4v) is 2.41. The van der Waals surface area contributed by atoms with Crippen LogP contribution in [-0.4, -0.2) is 34.8 Å².